The van der Waals surface area contributed by atoms with Crippen molar-refractivity contribution in [2.75, 3.05) is 0 Å². The zero-order valence-electron chi connectivity index (χ0n) is 11.7. The van der Waals surface area contributed by atoms with Crippen LogP contribution in [0.15, 0.2) is 0 Å². The molecule has 0 heterocycles. The summed E-state index contributed by atoms with van der Waals surface area (Å²) < 4.78 is 0. The van der Waals surface area contributed by atoms with E-state index in [1.807, 2.05) is 0 Å². The molecule has 0 amide bonds. The second-order valence-electron chi connectivity index (χ2n) is 1.00. The van der Waals surface area contributed by atoms with Gasteiger partial charge in [-0.2, -0.15) is 0 Å². The number of hydrogen-bond acceptors (Lipinski definition) is 16. The predicted octanol–water partition coefficient (Wildman–Crippen LogP) is -11.6. The van der Waals surface area contributed by atoms with Crippen LogP contribution < -0.4 is 40.9 Å². The Hall–Kier alpha value is 0.777. The fourth-order valence-corrected chi connectivity index (χ4v) is 0. The van der Waals surface area contributed by atoms with E-state index in [-0.39, 0.29) is 142 Å². The summed E-state index contributed by atoms with van der Waals surface area (Å²) in [6.45, 7) is 0. The summed E-state index contributed by atoms with van der Waals surface area (Å²) in [6.07, 6.45) is -9.33. The molecule has 0 aliphatic carbocycles. The van der Waals surface area contributed by atoms with Crippen molar-refractivity contribution in [1.29, 1.82) is 0 Å². The third kappa shape index (κ3) is 23200. The van der Waals surface area contributed by atoms with Crippen LogP contribution in [0.3, 0.4) is 0 Å². The first-order valence-corrected chi connectivity index (χ1v) is 2.45. The summed E-state index contributed by atoms with van der Waals surface area (Å²) in [6, 6.07) is 0. The largest absolute Gasteiger partial charge is 2.00 e. The fraction of sp³-hybridized carbons (Fsp3) is 0. The molecule has 0 atom stereocenters. The Morgan fingerprint density at radius 2 is 0.346 bits per heavy atom. The minimum atomic E-state index is -2.33. The average Bonchev–Trinajstić information content (AvgIpc) is 1.76. The third-order valence-corrected chi connectivity index (χ3v) is 0. The van der Waals surface area contributed by atoms with Crippen molar-refractivity contribution in [2.45, 2.75) is 0 Å². The normalized spacial score (nSPS) is 3.69. The quantitative estimate of drug-likeness (QED) is 0.243. The summed E-state index contributed by atoms with van der Waals surface area (Å²) in [7, 11) is 0. The number of carboxylic acid groups (broad SMARTS) is 8. The zero-order chi connectivity index (χ0) is 14.3. The molecule has 0 unspecified atom stereocenters. The van der Waals surface area contributed by atoms with E-state index in [2.05, 4.69) is 0 Å². The number of carbonyl (C=O) groups excluding carboxylic acids is 4. The van der Waals surface area contributed by atoms with Gasteiger partial charge in [0.15, 0.2) is 0 Å². The molecule has 0 saturated carbocycles. The van der Waals surface area contributed by atoms with Gasteiger partial charge < -0.3 is 81.9 Å². The average molecular weight is 572 g/mol. The number of rotatable bonds is 0. The SMILES string of the molecule is O=C([O-])[O-].O=C([O-])[O-].O=C([O-])[O-].O=C([O-])[O-].[Cu+2].[Cu+2].[Cu+2].[Mg+2].[Mg+2].[Mg+2].[OH-].[OH-].[OH-].[OH-]. The minimum absolute atomic E-state index is 0. The van der Waals surface area contributed by atoms with Crippen LogP contribution in [0.5, 0.6) is 0 Å². The first kappa shape index (κ1) is 109. The molecule has 0 aromatic carbocycles. The van der Waals surface area contributed by atoms with E-state index < -0.39 is 24.6 Å². The Kier molecular flexibility index (Phi) is 406. The second-order valence-corrected chi connectivity index (χ2v) is 1.00. The van der Waals surface area contributed by atoms with Crippen LogP contribution in [0.2, 0.25) is 0 Å². The molecule has 26 heavy (non-hydrogen) atoms. The smallest absolute Gasteiger partial charge is 0.870 e. The van der Waals surface area contributed by atoms with Gasteiger partial charge in [-0.15, -0.1) is 0 Å². The van der Waals surface area contributed by atoms with Crippen LogP contribution in [-0.4, -0.2) is 116 Å². The van der Waals surface area contributed by atoms with Crippen molar-refractivity contribution in [2.24, 2.45) is 0 Å². The Morgan fingerprint density at radius 1 is 0.346 bits per heavy atom. The van der Waals surface area contributed by atoms with Gasteiger partial charge in [-0.1, -0.05) is 0 Å². The van der Waals surface area contributed by atoms with Crippen molar-refractivity contribution in [3.8, 4) is 0 Å². The molecule has 0 spiro atoms. The van der Waals surface area contributed by atoms with E-state index in [9.17, 15) is 0 Å². The molecule has 3 radical (unpaired) electrons. The van der Waals surface area contributed by atoms with Crippen LogP contribution in [-0.2, 0) is 51.2 Å². The van der Waals surface area contributed by atoms with Gasteiger partial charge in [0.25, 0.3) is 0 Å². The van der Waals surface area contributed by atoms with E-state index >= 15 is 0 Å². The molecule has 155 valence electrons. The third-order valence-electron chi connectivity index (χ3n) is 0. The van der Waals surface area contributed by atoms with E-state index in [1.54, 1.807) is 0 Å². The van der Waals surface area contributed by atoms with E-state index in [0.29, 0.717) is 0 Å². The van der Waals surface area contributed by atoms with E-state index in [4.69, 9.17) is 60.0 Å². The van der Waals surface area contributed by atoms with Crippen molar-refractivity contribution in [3.63, 3.8) is 0 Å². The maximum absolute atomic E-state index is 8.33. The zero-order valence-corrected chi connectivity index (χ0v) is 18.8. The molecular formula is C4H4Cu3Mg3O16. The predicted molar refractivity (Wildman–Crippen MR) is 46.6 cm³/mol. The molecule has 22 heteroatoms. The first-order valence-electron chi connectivity index (χ1n) is 2.45. The van der Waals surface area contributed by atoms with Crippen molar-refractivity contribution < 1.29 is 133 Å². The Bertz CT molecular complexity index is 181. The second kappa shape index (κ2) is 96.9. The first-order chi connectivity index (χ1) is 6.93. The van der Waals surface area contributed by atoms with E-state index in [1.165, 1.54) is 0 Å². The van der Waals surface area contributed by atoms with Gasteiger partial charge in [0.1, 0.15) is 0 Å². The van der Waals surface area contributed by atoms with Crippen LogP contribution in [0.1, 0.15) is 0 Å². The van der Waals surface area contributed by atoms with E-state index in [0.717, 1.165) is 0 Å². The Balaban J connectivity index is -0.00000000545. The molecule has 0 bridgehead atoms. The van der Waals surface area contributed by atoms with Gasteiger partial charge in [-0.25, -0.2) is 0 Å². The molecule has 4 N–H and O–H groups in total. The number of hydrogen-bond donors (Lipinski definition) is 0. The van der Waals surface area contributed by atoms with Gasteiger partial charge in [0, 0.05) is 0 Å². The van der Waals surface area contributed by atoms with Gasteiger partial charge in [0.05, 0.1) is 0 Å². The van der Waals surface area contributed by atoms with Gasteiger partial charge in [-0.05, 0) is 24.6 Å². The Labute approximate surface area is 224 Å². The number of carbonyl (C=O) groups is 4. The molecule has 0 rings (SSSR count). The molecule has 0 aliphatic rings. The molecule has 0 saturated heterocycles. The van der Waals surface area contributed by atoms with Crippen LogP contribution in [0, 0.1) is 0 Å². The molecule has 0 aromatic heterocycles. The maximum Gasteiger partial charge on any atom is 2.00 e. The monoisotopic (exact) mass is 569 g/mol. The van der Waals surface area contributed by atoms with Gasteiger partial charge >= 0.3 is 120 Å². The standard InChI is InChI=1S/4CH2O3.3Cu.3Mg.4H2O/c4*2-1(3)4;;;;;;;;;;/h4*(H2,2,3,4);;;;;;;4*1H2/q;;;;6*+2;;;;/p-12. The van der Waals surface area contributed by atoms with Gasteiger partial charge in [-0.3, -0.25) is 0 Å². The summed E-state index contributed by atoms with van der Waals surface area (Å²) in [5, 5.41) is 66.7. The van der Waals surface area contributed by atoms with Crippen molar-refractivity contribution in [1.82, 2.24) is 0 Å². The summed E-state index contributed by atoms with van der Waals surface area (Å²) in [5.74, 6) is 0. The molecular weight excluding hydrogens is 568 g/mol. The summed E-state index contributed by atoms with van der Waals surface area (Å²) >= 11 is 0. The molecule has 0 fully saturated rings. The molecule has 16 nitrogen and oxygen atoms in total. The minimum Gasteiger partial charge on any atom is -0.870 e. The van der Waals surface area contributed by atoms with Crippen molar-refractivity contribution in [3.05, 3.63) is 0 Å². The molecule has 0 aromatic rings. The fourth-order valence-electron chi connectivity index (χ4n) is 0. The van der Waals surface area contributed by atoms with Gasteiger partial charge in [0.2, 0.25) is 0 Å². The van der Waals surface area contributed by atoms with Crippen molar-refractivity contribution >= 4 is 93.8 Å². The Morgan fingerprint density at radius 3 is 0.346 bits per heavy atom. The maximum atomic E-state index is 8.33. The summed E-state index contributed by atoms with van der Waals surface area (Å²) in [5.41, 5.74) is 0. The van der Waals surface area contributed by atoms with Crippen LogP contribution in [0.4, 0.5) is 19.2 Å². The van der Waals surface area contributed by atoms with Crippen LogP contribution >= 0.6 is 0 Å². The summed E-state index contributed by atoms with van der Waals surface area (Å²) in [4.78, 5) is 33.3. The van der Waals surface area contributed by atoms with Crippen LogP contribution in [0.25, 0.3) is 0 Å². The topological polar surface area (TPSA) is 373 Å². The molecule has 0 aliphatic heterocycles.